The number of aryl methyl sites for hydroxylation is 1. The maximum absolute atomic E-state index is 12.8. The van der Waals surface area contributed by atoms with Gasteiger partial charge in [-0.25, -0.2) is 19.1 Å². The van der Waals surface area contributed by atoms with E-state index in [1.54, 1.807) is 70.0 Å². The zero-order valence-electron chi connectivity index (χ0n) is 63.6. The molecule has 0 aromatic carbocycles. The van der Waals surface area contributed by atoms with Crippen LogP contribution in [-0.2, 0) is 134 Å². The number of rotatable bonds is 15. The van der Waals surface area contributed by atoms with E-state index in [2.05, 4.69) is 90.6 Å². The van der Waals surface area contributed by atoms with Crippen LogP contribution in [0, 0.1) is 0 Å². The molecule has 9 N–H and O–H groups in total. The van der Waals surface area contributed by atoms with Crippen molar-refractivity contribution in [3.8, 4) is 33.8 Å². The van der Waals surface area contributed by atoms with Gasteiger partial charge in [0.05, 0.1) is 165 Å². The highest BCUT2D eigenvalue weighted by molar-refractivity contribution is 9.10. The van der Waals surface area contributed by atoms with Crippen molar-refractivity contribution in [2.24, 2.45) is 30.0 Å². The van der Waals surface area contributed by atoms with Gasteiger partial charge in [-0.05, 0) is 130 Å². The maximum Gasteiger partial charge on any atom is 0.419 e. The monoisotopic (exact) mass is 1750 g/mol. The summed E-state index contributed by atoms with van der Waals surface area (Å²) in [6.45, 7) is 16.7. The van der Waals surface area contributed by atoms with E-state index in [4.69, 9.17) is 77.9 Å². The number of ether oxygens (including phenoxy) is 6. The number of carbonyl (C=O) groups is 6. The van der Waals surface area contributed by atoms with Crippen LogP contribution in [0.15, 0.2) is 151 Å². The summed E-state index contributed by atoms with van der Waals surface area (Å²) in [5.74, 6) is -0.197. The van der Waals surface area contributed by atoms with Crippen LogP contribution in [0.3, 0.4) is 0 Å². The zero-order valence-corrected chi connectivity index (χ0v) is 71.0. The SMILES string of the molecule is CC(C)(C)OC(=O)n1cc(-c2cccc(C3COC3)n2)c2cc(CC(N)=O)ncc21.CC(C)(C)OC(=O)n1cc(Br)c2cc(CC(N)=O)ncc21.Clc1cccc(C2COC2)n1.Cn1cc(-c2cccc(C3COC3)n2)c2cc(CC(N)=O)ncc21.NC(=O)Cc1cc2c(-c3cccc(C4COC4)n3)c[nH]c2cn1.S.S=S.S=S=S. The number of pyridine rings is 8. The Labute approximate surface area is 705 Å². The smallest absolute Gasteiger partial charge is 0.419 e. The average molecular weight is 1760 g/mol. The van der Waals surface area contributed by atoms with E-state index in [-0.39, 0.29) is 56.9 Å². The van der Waals surface area contributed by atoms with Gasteiger partial charge in [-0.3, -0.25) is 58.6 Å². The van der Waals surface area contributed by atoms with Crippen molar-refractivity contribution in [2.45, 2.75) is 102 Å². The van der Waals surface area contributed by atoms with Crippen molar-refractivity contribution < 1.29 is 57.2 Å². The minimum atomic E-state index is -0.643. The molecule has 0 atom stereocenters. The van der Waals surface area contributed by atoms with Crippen molar-refractivity contribution in [1.82, 2.24) is 58.6 Å². The average Bonchev–Trinajstić information content (AvgIpc) is 1.63. The number of fused-ring (bicyclic) bond motifs is 4. The summed E-state index contributed by atoms with van der Waals surface area (Å²) in [6.07, 6.45) is 13.2. The van der Waals surface area contributed by atoms with E-state index in [9.17, 15) is 28.8 Å². The molecule has 4 aliphatic heterocycles. The summed E-state index contributed by atoms with van der Waals surface area (Å²) in [5, 5.41) is 4.10. The molecular weight excluding hydrogens is 1670 g/mol. The van der Waals surface area contributed by atoms with E-state index in [1.165, 1.54) is 15.3 Å². The van der Waals surface area contributed by atoms with Crippen molar-refractivity contribution in [3.05, 3.63) is 202 Å². The third-order valence-corrected chi connectivity index (χ3v) is 18.5. The number of hydrogen-bond donors (Lipinski definition) is 5. The molecule has 28 nitrogen and oxygen atoms in total. The lowest BCUT2D eigenvalue weighted by molar-refractivity contribution is -0.118. The number of nitrogens with two attached hydrogens (primary N) is 4. The molecule has 0 radical (unpaired) electrons. The first kappa shape index (κ1) is 89.2. The Morgan fingerprint density at radius 2 is 0.826 bits per heavy atom. The van der Waals surface area contributed by atoms with Crippen LogP contribution in [0.2, 0.25) is 5.15 Å². The molecule has 0 aliphatic carbocycles. The quantitative estimate of drug-likeness (QED) is 0.0595. The fourth-order valence-corrected chi connectivity index (χ4v) is 12.8. The Balaban J connectivity index is 0.000000165. The van der Waals surface area contributed by atoms with E-state index in [0.717, 1.165) is 142 Å². The van der Waals surface area contributed by atoms with E-state index < -0.39 is 35.2 Å². The highest BCUT2D eigenvalue weighted by atomic mass is 79.9. The number of amides is 4. The lowest BCUT2D eigenvalue weighted by Gasteiger charge is -2.25. The van der Waals surface area contributed by atoms with Crippen LogP contribution in [0.1, 0.15) is 111 Å². The lowest BCUT2D eigenvalue weighted by Crippen LogP contribution is -2.26. The van der Waals surface area contributed by atoms with Gasteiger partial charge in [0.1, 0.15) is 16.4 Å². The van der Waals surface area contributed by atoms with E-state index in [0.29, 0.717) is 69.9 Å². The summed E-state index contributed by atoms with van der Waals surface area (Å²) >= 11 is 24.7. The molecule has 0 spiro atoms. The topological polar surface area (TPSA) is 396 Å². The van der Waals surface area contributed by atoms with E-state index >= 15 is 0 Å². The Morgan fingerprint density at radius 3 is 1.21 bits per heavy atom. The number of aromatic nitrogens is 12. The molecule has 0 saturated carbocycles. The highest BCUT2D eigenvalue weighted by Gasteiger charge is 2.29. The van der Waals surface area contributed by atoms with Crippen molar-refractivity contribution >= 4 is 174 Å². The predicted molar refractivity (Wildman–Crippen MR) is 459 cm³/mol. The molecule has 12 aromatic heterocycles. The molecule has 602 valence electrons. The Kier molecular flexibility index (Phi) is 31.6. The van der Waals surface area contributed by atoms with Crippen molar-refractivity contribution in [1.29, 1.82) is 0 Å². The van der Waals surface area contributed by atoms with Gasteiger partial charge in [0, 0.05) is 175 Å². The predicted octanol–water partition coefficient (Wildman–Crippen LogP) is 11.1. The zero-order chi connectivity index (χ0) is 82.1. The Morgan fingerprint density at radius 1 is 0.496 bits per heavy atom. The molecule has 16 rings (SSSR count). The molecule has 4 fully saturated rings. The first-order valence-corrected chi connectivity index (χ1v) is 40.7. The fourth-order valence-electron chi connectivity index (χ4n) is 12.1. The number of H-pyrrole nitrogens is 1. The lowest BCUT2D eigenvalue weighted by atomic mass is 10.0. The third kappa shape index (κ3) is 24.0. The molecule has 0 bridgehead atoms. The van der Waals surface area contributed by atoms with Crippen LogP contribution in [0.4, 0.5) is 9.59 Å². The van der Waals surface area contributed by atoms with E-state index in [1.807, 2.05) is 124 Å². The molecular formula is C79H84BrClN16O12S6. The van der Waals surface area contributed by atoms with Gasteiger partial charge >= 0.3 is 12.2 Å². The number of primary amides is 4. The molecule has 4 aliphatic rings. The molecule has 115 heavy (non-hydrogen) atoms. The summed E-state index contributed by atoms with van der Waals surface area (Å²) in [6, 6.07) is 30.9. The van der Waals surface area contributed by atoms with Gasteiger partial charge in [-0.2, -0.15) is 13.5 Å². The second-order valence-electron chi connectivity index (χ2n) is 28.7. The summed E-state index contributed by atoms with van der Waals surface area (Å²) < 4.78 is 37.3. The first-order chi connectivity index (χ1) is 54.5. The van der Waals surface area contributed by atoms with Gasteiger partial charge in [-0.15, -0.1) is 0 Å². The second kappa shape index (κ2) is 40.7. The number of carbonyl (C=O) groups excluding carboxylic acids is 6. The molecule has 12 aromatic rings. The largest absolute Gasteiger partial charge is 0.443 e. The first-order valence-electron chi connectivity index (χ1n) is 35.6. The maximum atomic E-state index is 12.8. The molecule has 36 heteroatoms. The molecule has 16 heterocycles. The van der Waals surface area contributed by atoms with Gasteiger partial charge in [0.2, 0.25) is 23.6 Å². The number of nitrogens with one attached hydrogen (secondary N) is 1. The van der Waals surface area contributed by atoms with Crippen molar-refractivity contribution in [2.75, 3.05) is 52.9 Å². The van der Waals surface area contributed by atoms with Crippen molar-refractivity contribution in [3.63, 3.8) is 0 Å². The van der Waals surface area contributed by atoms with Gasteiger partial charge < -0.3 is 60.9 Å². The highest BCUT2D eigenvalue weighted by Crippen LogP contribution is 2.36. The molecule has 4 amide bonds. The van der Waals surface area contributed by atoms with Crippen LogP contribution in [-0.4, -0.2) is 158 Å². The second-order valence-corrected chi connectivity index (χ2v) is 31.7. The molecule has 0 unspecified atom stereocenters. The third-order valence-electron chi connectivity index (χ3n) is 17.7. The standard InChI is InChI=1S/C22H24N4O4.C18H18N4O2.C17H16N4O2.C14H16BrN3O3.C8H8ClNO.S3.S2.H2S/c1-22(2,3)30-21(28)26-10-16(15-7-14(8-20(23)27)24-9-19(15)26)18-6-4-5-17(25-18)13-11-29-12-13;1-22-8-14(13-5-12(6-18(19)23)20-7-17(13)22)16-4-2-3-15(21-16)11-9-24-10-11;18-17(22)5-11-4-12-13(6-20-16(12)7-19-11)15-3-1-2-14(21-15)10-8-23-9-10;1-14(2,3)21-13(20)18-7-10(15)9-4-8(5-12(16)19)17-6-11(9)18;9-8-3-1-2-7(10-8)6-4-11-5-6;1-3-2;1-2;/h4-7,9-10,13H,8,11-12H2,1-3H3,(H2,23,27);2-5,7-8,11H,6,9-10H2,1H3,(H2,19,23);1-4,6-7,10,20H,5,8-9H2,(H2,18,22);4,6-7H,5H2,1-3H3,(H2,16,19);1-3,6H,4-5H2;;;1H2. The summed E-state index contributed by atoms with van der Waals surface area (Å²) in [4.78, 5) is 108. The number of nitrogens with zero attached hydrogens (tertiary/aromatic N) is 11. The minimum absolute atomic E-state index is 0. The Hall–Kier alpha value is -9.76. The minimum Gasteiger partial charge on any atom is -0.443 e. The summed E-state index contributed by atoms with van der Waals surface area (Å²) in [7, 11) is 2.89. The number of hydrogen-bond acceptors (Lipinski definition) is 24. The van der Waals surface area contributed by atoms with Gasteiger partial charge in [0.25, 0.3) is 0 Å². The Bertz CT molecular complexity index is 5560. The van der Waals surface area contributed by atoms with Crippen LogP contribution in [0.5, 0.6) is 0 Å². The van der Waals surface area contributed by atoms with Crippen LogP contribution in [0.25, 0.3) is 77.4 Å². The summed E-state index contributed by atoms with van der Waals surface area (Å²) in [5.41, 5.74) is 34.7. The number of halogens is 2. The van der Waals surface area contributed by atoms with Crippen LogP contribution < -0.4 is 22.9 Å². The molecule has 4 saturated heterocycles. The van der Waals surface area contributed by atoms with Gasteiger partial charge in [-0.1, -0.05) is 35.9 Å². The number of aromatic amines is 1. The van der Waals surface area contributed by atoms with Gasteiger partial charge in [0.15, 0.2) is 0 Å². The fraction of sp³-hybridized carbons (Fsp3) is 0.316. The van der Waals surface area contributed by atoms with Crippen LogP contribution >= 0.6 is 41.0 Å². The normalized spacial score (nSPS) is 13.8.